The minimum Gasteiger partial charge on any atom is -0.369 e. The molecule has 1 saturated carbocycles. The van der Waals surface area contributed by atoms with Gasteiger partial charge in [-0.25, -0.2) is 0 Å². The third-order valence-corrected chi connectivity index (χ3v) is 3.02. The molecule has 1 aliphatic carbocycles. The molecule has 0 spiro atoms. The summed E-state index contributed by atoms with van der Waals surface area (Å²) < 4.78 is 0. The van der Waals surface area contributed by atoms with Gasteiger partial charge in [-0.2, -0.15) is 0 Å². The average molecular weight is 210 g/mol. The van der Waals surface area contributed by atoms with E-state index in [9.17, 15) is 4.79 Å². The van der Waals surface area contributed by atoms with Gasteiger partial charge in [0.05, 0.1) is 5.92 Å². The molecule has 0 aromatic heterocycles. The molecular weight excluding hydrogens is 188 g/mol. The summed E-state index contributed by atoms with van der Waals surface area (Å²) in [6.45, 7) is 5.00. The predicted molar refractivity (Wildman–Crippen MR) is 62.4 cm³/mol. The summed E-state index contributed by atoms with van der Waals surface area (Å²) in [5.41, 5.74) is 6.69. The summed E-state index contributed by atoms with van der Waals surface area (Å²) in [5.74, 6) is -0.117. The molecule has 1 aliphatic rings. The van der Waals surface area contributed by atoms with E-state index in [0.717, 1.165) is 25.8 Å². The highest BCUT2D eigenvalue weighted by atomic mass is 16.1. The molecule has 0 unspecified atom stereocenters. The average Bonchev–Trinajstić information content (AvgIpc) is 2.17. The van der Waals surface area contributed by atoms with Crippen LogP contribution in [-0.2, 0) is 4.79 Å². The lowest BCUT2D eigenvalue weighted by molar-refractivity contribution is -0.123. The molecule has 0 radical (unpaired) electrons. The zero-order chi connectivity index (χ0) is 11.3. The molecule has 86 valence electrons. The number of hydrogen-bond donors (Lipinski definition) is 2. The highest BCUT2D eigenvalue weighted by Crippen LogP contribution is 2.23. The lowest BCUT2D eigenvalue weighted by Gasteiger charge is -2.29. The maximum absolute atomic E-state index is 11.2. The number of allylic oxidation sites excluding steroid dienone is 1. The number of hydrogen-bond acceptors (Lipinski definition) is 2. The van der Waals surface area contributed by atoms with Gasteiger partial charge in [-0.3, -0.25) is 4.79 Å². The van der Waals surface area contributed by atoms with E-state index in [1.165, 1.54) is 12.0 Å². The smallest absolute Gasteiger partial charge is 0.222 e. The largest absolute Gasteiger partial charge is 0.369 e. The van der Waals surface area contributed by atoms with Gasteiger partial charge in [0.2, 0.25) is 5.91 Å². The summed E-state index contributed by atoms with van der Waals surface area (Å²) in [7, 11) is 0. The van der Waals surface area contributed by atoms with E-state index < -0.39 is 0 Å². The Kier molecular flexibility index (Phi) is 4.82. The molecule has 1 fully saturated rings. The number of carbonyl (C=O) groups is 1. The summed E-state index contributed by atoms with van der Waals surface area (Å²) in [5, 5.41) is 3.41. The van der Waals surface area contributed by atoms with Gasteiger partial charge < -0.3 is 11.1 Å². The molecule has 3 nitrogen and oxygen atoms in total. The quantitative estimate of drug-likeness (QED) is 0.692. The van der Waals surface area contributed by atoms with Gasteiger partial charge in [-0.05, 0) is 26.7 Å². The van der Waals surface area contributed by atoms with Crippen molar-refractivity contribution < 1.29 is 4.79 Å². The molecule has 15 heavy (non-hydrogen) atoms. The summed E-state index contributed by atoms with van der Waals surface area (Å²) in [6.07, 6.45) is 6.50. The predicted octanol–water partition coefficient (Wildman–Crippen LogP) is 1.59. The van der Waals surface area contributed by atoms with Crippen LogP contribution in [0.3, 0.4) is 0 Å². The fraction of sp³-hybridized carbons (Fsp3) is 0.750. The molecule has 0 heterocycles. The maximum atomic E-state index is 11.2. The van der Waals surface area contributed by atoms with Gasteiger partial charge >= 0.3 is 0 Å². The first-order chi connectivity index (χ1) is 7.11. The SMILES string of the molecule is CC(C)=CCN[C@@H]1CCCC[C@H]1C(N)=O. The second kappa shape index (κ2) is 5.91. The summed E-state index contributed by atoms with van der Waals surface area (Å²) in [4.78, 5) is 11.2. The highest BCUT2D eigenvalue weighted by molar-refractivity contribution is 5.77. The van der Waals surface area contributed by atoms with Crippen molar-refractivity contribution in [1.29, 1.82) is 0 Å². The van der Waals surface area contributed by atoms with Crippen molar-refractivity contribution in [3.63, 3.8) is 0 Å². The molecule has 0 bridgehead atoms. The van der Waals surface area contributed by atoms with Crippen LogP contribution in [0, 0.1) is 5.92 Å². The van der Waals surface area contributed by atoms with E-state index in [1.807, 2.05) is 0 Å². The van der Waals surface area contributed by atoms with E-state index in [0.29, 0.717) is 0 Å². The van der Waals surface area contributed by atoms with E-state index >= 15 is 0 Å². The first-order valence-corrected chi connectivity index (χ1v) is 5.77. The van der Waals surface area contributed by atoms with Gasteiger partial charge in [0.15, 0.2) is 0 Å². The third kappa shape index (κ3) is 4.04. The number of nitrogens with two attached hydrogens (primary N) is 1. The Balaban J connectivity index is 2.43. The summed E-state index contributed by atoms with van der Waals surface area (Å²) in [6, 6.07) is 0.284. The van der Waals surface area contributed by atoms with Crippen LogP contribution >= 0.6 is 0 Å². The molecule has 1 amide bonds. The van der Waals surface area contributed by atoms with Crippen LogP contribution in [0.1, 0.15) is 39.5 Å². The maximum Gasteiger partial charge on any atom is 0.222 e. The Bertz CT molecular complexity index is 244. The third-order valence-electron chi connectivity index (χ3n) is 3.02. The molecule has 2 atom stereocenters. The second-order valence-electron chi connectivity index (χ2n) is 4.59. The van der Waals surface area contributed by atoms with Crippen molar-refractivity contribution >= 4 is 5.91 Å². The standard InChI is InChI=1S/C12H22N2O/c1-9(2)7-8-14-11-6-4-3-5-10(11)12(13)15/h7,10-11,14H,3-6,8H2,1-2H3,(H2,13,15)/t10-,11-/m1/s1. The van der Waals surface area contributed by atoms with Crippen LogP contribution in [0.4, 0.5) is 0 Å². The van der Waals surface area contributed by atoms with Crippen LogP contribution in [0.25, 0.3) is 0 Å². The zero-order valence-electron chi connectivity index (χ0n) is 9.75. The number of rotatable bonds is 4. The van der Waals surface area contributed by atoms with Crippen molar-refractivity contribution in [1.82, 2.24) is 5.32 Å². The van der Waals surface area contributed by atoms with Gasteiger partial charge in [0, 0.05) is 12.6 Å². The topological polar surface area (TPSA) is 55.1 Å². The first kappa shape index (κ1) is 12.2. The molecule has 0 aromatic carbocycles. The molecule has 0 aliphatic heterocycles. The van der Waals surface area contributed by atoms with Gasteiger partial charge in [-0.15, -0.1) is 0 Å². The molecular formula is C12H22N2O. The zero-order valence-corrected chi connectivity index (χ0v) is 9.75. The number of carbonyl (C=O) groups excluding carboxylic acids is 1. The van der Waals surface area contributed by atoms with Crippen LogP contribution in [-0.4, -0.2) is 18.5 Å². The Hall–Kier alpha value is -0.830. The minimum absolute atomic E-state index is 0.0318. The van der Waals surface area contributed by atoms with Crippen molar-refractivity contribution in [2.75, 3.05) is 6.54 Å². The van der Waals surface area contributed by atoms with E-state index in [1.54, 1.807) is 0 Å². The number of nitrogens with one attached hydrogen (secondary N) is 1. The van der Waals surface area contributed by atoms with Crippen molar-refractivity contribution in [2.24, 2.45) is 11.7 Å². The monoisotopic (exact) mass is 210 g/mol. The van der Waals surface area contributed by atoms with Crippen molar-refractivity contribution in [2.45, 2.75) is 45.6 Å². The lowest BCUT2D eigenvalue weighted by Crippen LogP contribution is -2.44. The Morgan fingerprint density at radius 2 is 2.07 bits per heavy atom. The fourth-order valence-corrected chi connectivity index (χ4v) is 2.13. The van der Waals surface area contributed by atoms with Gasteiger partial charge in [-0.1, -0.05) is 24.5 Å². The summed E-state index contributed by atoms with van der Waals surface area (Å²) >= 11 is 0. The lowest BCUT2D eigenvalue weighted by atomic mass is 9.84. The van der Waals surface area contributed by atoms with E-state index in [2.05, 4.69) is 25.2 Å². The Morgan fingerprint density at radius 1 is 1.40 bits per heavy atom. The Labute approximate surface area is 92.1 Å². The molecule has 3 N–H and O–H groups in total. The molecule has 0 aromatic rings. The van der Waals surface area contributed by atoms with E-state index in [-0.39, 0.29) is 17.9 Å². The van der Waals surface area contributed by atoms with Crippen molar-refractivity contribution in [3.8, 4) is 0 Å². The molecule has 3 heteroatoms. The van der Waals surface area contributed by atoms with Gasteiger partial charge in [0.1, 0.15) is 0 Å². The van der Waals surface area contributed by atoms with Gasteiger partial charge in [0.25, 0.3) is 0 Å². The van der Waals surface area contributed by atoms with Crippen LogP contribution in [0.2, 0.25) is 0 Å². The number of primary amides is 1. The van der Waals surface area contributed by atoms with Crippen LogP contribution in [0.5, 0.6) is 0 Å². The first-order valence-electron chi connectivity index (χ1n) is 5.77. The normalized spacial score (nSPS) is 26.0. The Morgan fingerprint density at radius 3 is 2.67 bits per heavy atom. The fourth-order valence-electron chi connectivity index (χ4n) is 2.13. The second-order valence-corrected chi connectivity index (χ2v) is 4.59. The van der Waals surface area contributed by atoms with Crippen molar-refractivity contribution in [3.05, 3.63) is 11.6 Å². The van der Waals surface area contributed by atoms with Crippen LogP contribution < -0.4 is 11.1 Å². The number of amides is 1. The highest BCUT2D eigenvalue weighted by Gasteiger charge is 2.28. The van der Waals surface area contributed by atoms with E-state index in [4.69, 9.17) is 5.73 Å². The molecule has 0 saturated heterocycles. The minimum atomic E-state index is -0.149. The van der Waals surface area contributed by atoms with Crippen LogP contribution in [0.15, 0.2) is 11.6 Å². The molecule has 1 rings (SSSR count).